The first kappa shape index (κ1) is 23.4. The number of hydrogen-bond donors (Lipinski definition) is 0. The minimum absolute atomic E-state index is 0.262. The lowest BCUT2D eigenvalue weighted by atomic mass is 10.0. The molecule has 8 heteroatoms. The van der Waals surface area contributed by atoms with Crippen molar-refractivity contribution < 1.29 is 8.42 Å². The third-order valence-corrected chi connectivity index (χ3v) is 8.49. The van der Waals surface area contributed by atoms with Crippen LogP contribution < -0.4 is 4.90 Å². The maximum Gasteiger partial charge on any atom is 0.245 e. The van der Waals surface area contributed by atoms with Gasteiger partial charge in [0, 0.05) is 55.4 Å². The molecule has 1 fully saturated rings. The Morgan fingerprint density at radius 2 is 1.57 bits per heavy atom. The van der Waals surface area contributed by atoms with E-state index in [1.165, 1.54) is 11.1 Å². The first-order valence-corrected chi connectivity index (χ1v) is 13.3. The van der Waals surface area contributed by atoms with Gasteiger partial charge in [0.15, 0.2) is 0 Å². The topological polar surface area (TPSA) is 79.3 Å². The zero-order valence-corrected chi connectivity index (χ0v) is 21.1. The zero-order valence-electron chi connectivity index (χ0n) is 20.3. The number of aryl methyl sites for hydroxylation is 3. The fourth-order valence-corrected chi connectivity index (χ4v) is 6.25. The summed E-state index contributed by atoms with van der Waals surface area (Å²) in [6, 6.07) is 17.5. The Morgan fingerprint density at radius 1 is 0.857 bits per heavy atom. The predicted octanol–water partition coefficient (Wildman–Crippen LogP) is 4.05. The molecule has 0 amide bonds. The van der Waals surface area contributed by atoms with Gasteiger partial charge in [0.2, 0.25) is 10.0 Å². The molecule has 2 aromatic carbocycles. The molecule has 0 atom stereocenters. The number of sulfonamides is 1. The largest absolute Gasteiger partial charge is 0.354 e. The highest BCUT2D eigenvalue weighted by atomic mass is 32.2. The van der Waals surface area contributed by atoms with Gasteiger partial charge in [-0.05, 0) is 38.5 Å². The number of pyridine rings is 1. The second-order valence-electron chi connectivity index (χ2n) is 9.04. The lowest BCUT2D eigenvalue weighted by Crippen LogP contribution is -2.49. The normalized spacial score (nSPS) is 15.0. The van der Waals surface area contributed by atoms with E-state index in [0.29, 0.717) is 31.7 Å². The van der Waals surface area contributed by atoms with Crippen LogP contribution in [0, 0.1) is 20.8 Å². The van der Waals surface area contributed by atoms with Crippen molar-refractivity contribution in [2.45, 2.75) is 32.1 Å². The molecule has 0 unspecified atom stereocenters. The van der Waals surface area contributed by atoms with E-state index in [-0.39, 0.29) is 4.90 Å². The van der Waals surface area contributed by atoms with Gasteiger partial charge in [-0.1, -0.05) is 48.0 Å². The van der Waals surface area contributed by atoms with E-state index in [4.69, 9.17) is 4.98 Å². The molecule has 0 bridgehead atoms. The van der Waals surface area contributed by atoms with Crippen molar-refractivity contribution in [2.75, 3.05) is 31.1 Å². The molecule has 5 rings (SSSR count). The molecule has 0 N–H and O–H groups in total. The van der Waals surface area contributed by atoms with Crippen LogP contribution in [0.25, 0.3) is 10.9 Å². The van der Waals surface area contributed by atoms with E-state index in [0.717, 1.165) is 34.7 Å². The van der Waals surface area contributed by atoms with E-state index in [2.05, 4.69) is 46.1 Å². The molecular weight excluding hydrogens is 458 g/mol. The first-order chi connectivity index (χ1) is 16.8. The Morgan fingerprint density at radius 3 is 2.31 bits per heavy atom. The predicted molar refractivity (Wildman–Crippen MR) is 138 cm³/mol. The van der Waals surface area contributed by atoms with Crippen LogP contribution >= 0.6 is 0 Å². The maximum absolute atomic E-state index is 13.5. The van der Waals surface area contributed by atoms with Crippen molar-refractivity contribution in [2.24, 2.45) is 0 Å². The van der Waals surface area contributed by atoms with Gasteiger partial charge >= 0.3 is 0 Å². The van der Waals surface area contributed by atoms with Crippen molar-refractivity contribution in [3.63, 3.8) is 0 Å². The van der Waals surface area contributed by atoms with Crippen molar-refractivity contribution >= 4 is 26.7 Å². The van der Waals surface area contributed by atoms with Crippen LogP contribution in [0.15, 0.2) is 65.7 Å². The van der Waals surface area contributed by atoms with E-state index < -0.39 is 10.0 Å². The number of aromatic nitrogens is 3. The molecule has 0 spiro atoms. The molecule has 3 heterocycles. The van der Waals surface area contributed by atoms with Crippen molar-refractivity contribution in [1.82, 2.24) is 19.3 Å². The highest BCUT2D eigenvalue weighted by Crippen LogP contribution is 2.28. The van der Waals surface area contributed by atoms with Crippen molar-refractivity contribution in [3.05, 3.63) is 89.0 Å². The van der Waals surface area contributed by atoms with Gasteiger partial charge in [-0.3, -0.25) is 4.98 Å². The average Bonchev–Trinajstić information content (AvgIpc) is 2.86. The zero-order chi connectivity index (χ0) is 24.6. The molecule has 0 radical (unpaired) electrons. The molecule has 1 aliphatic rings. The number of anilines is 1. The van der Waals surface area contributed by atoms with Crippen LogP contribution in [-0.4, -0.2) is 53.9 Å². The van der Waals surface area contributed by atoms with E-state index in [9.17, 15) is 8.42 Å². The summed E-state index contributed by atoms with van der Waals surface area (Å²) < 4.78 is 28.6. The molecule has 180 valence electrons. The summed E-state index contributed by atoms with van der Waals surface area (Å²) in [7, 11) is -3.66. The summed E-state index contributed by atoms with van der Waals surface area (Å²) in [5.41, 5.74) is 5.00. The number of rotatable bonds is 5. The van der Waals surface area contributed by atoms with Crippen LogP contribution in [-0.2, 0) is 16.4 Å². The smallest absolute Gasteiger partial charge is 0.245 e. The molecule has 1 saturated heterocycles. The third-order valence-electron chi connectivity index (χ3n) is 6.56. The summed E-state index contributed by atoms with van der Waals surface area (Å²) in [4.78, 5) is 16.2. The summed E-state index contributed by atoms with van der Waals surface area (Å²) in [6.07, 6.45) is 2.37. The molecule has 0 saturated carbocycles. The van der Waals surface area contributed by atoms with Crippen molar-refractivity contribution in [1.29, 1.82) is 0 Å². The Balaban J connectivity index is 1.40. The Kier molecular flexibility index (Phi) is 6.25. The fourth-order valence-electron chi connectivity index (χ4n) is 4.66. The van der Waals surface area contributed by atoms with Gasteiger partial charge in [0.05, 0.1) is 5.52 Å². The summed E-state index contributed by atoms with van der Waals surface area (Å²) in [5.74, 6) is 1.63. The second kappa shape index (κ2) is 9.36. The first-order valence-electron chi connectivity index (χ1n) is 11.8. The highest BCUT2D eigenvalue weighted by molar-refractivity contribution is 7.89. The van der Waals surface area contributed by atoms with Gasteiger partial charge in [0.1, 0.15) is 16.5 Å². The van der Waals surface area contributed by atoms with E-state index in [1.54, 1.807) is 22.6 Å². The van der Waals surface area contributed by atoms with Crippen LogP contribution in [0.4, 0.5) is 5.82 Å². The molecule has 1 aliphatic heterocycles. The number of para-hydroxylation sites is 1. The second-order valence-corrected chi connectivity index (χ2v) is 10.9. The summed E-state index contributed by atoms with van der Waals surface area (Å²) in [5, 5.41) is 0.819. The monoisotopic (exact) mass is 487 g/mol. The third kappa shape index (κ3) is 4.63. The molecule has 7 nitrogen and oxygen atoms in total. The maximum atomic E-state index is 13.5. The minimum atomic E-state index is -3.66. The number of fused-ring (bicyclic) bond motifs is 1. The number of hydrogen-bond acceptors (Lipinski definition) is 6. The summed E-state index contributed by atoms with van der Waals surface area (Å²) in [6.45, 7) is 7.91. The van der Waals surface area contributed by atoms with Crippen LogP contribution in [0.5, 0.6) is 0 Å². The molecular formula is C27H29N5O2S. The Hall–Kier alpha value is -3.36. The van der Waals surface area contributed by atoms with Crippen LogP contribution in [0.1, 0.15) is 28.2 Å². The highest BCUT2D eigenvalue weighted by Gasteiger charge is 2.31. The average molecular weight is 488 g/mol. The van der Waals surface area contributed by atoms with Crippen LogP contribution in [0.2, 0.25) is 0 Å². The molecule has 0 aliphatic carbocycles. The number of benzene rings is 2. The SMILES string of the molecule is Cc1ccc(Cc2c(C)nc(C)nc2N2CCN(S(=O)(=O)c3cccc4cccnc34)CC2)cc1. The van der Waals surface area contributed by atoms with Gasteiger partial charge < -0.3 is 4.90 Å². The lowest BCUT2D eigenvalue weighted by Gasteiger charge is -2.36. The Labute approximate surface area is 206 Å². The fraction of sp³-hybridized carbons (Fsp3) is 0.296. The van der Waals surface area contributed by atoms with E-state index >= 15 is 0 Å². The lowest BCUT2D eigenvalue weighted by molar-refractivity contribution is 0.383. The van der Waals surface area contributed by atoms with Gasteiger partial charge in [-0.25, -0.2) is 18.4 Å². The van der Waals surface area contributed by atoms with Crippen LogP contribution in [0.3, 0.4) is 0 Å². The van der Waals surface area contributed by atoms with Gasteiger partial charge in [-0.2, -0.15) is 4.31 Å². The standard InChI is InChI=1S/C27H29N5O2S/c1-19-9-11-22(12-10-19)18-24-20(2)29-21(3)30-27(24)31-14-16-32(17-15-31)35(33,34)25-8-4-6-23-7-5-13-28-26(23)25/h4-13H,14-18H2,1-3H3. The molecule has 4 aromatic rings. The van der Waals surface area contributed by atoms with Gasteiger partial charge in [-0.15, -0.1) is 0 Å². The number of nitrogens with zero attached hydrogens (tertiary/aromatic N) is 5. The van der Waals surface area contributed by atoms with Crippen molar-refractivity contribution in [3.8, 4) is 0 Å². The number of piperazine rings is 1. The minimum Gasteiger partial charge on any atom is -0.354 e. The molecule has 35 heavy (non-hydrogen) atoms. The molecule has 2 aromatic heterocycles. The van der Waals surface area contributed by atoms with Gasteiger partial charge in [0.25, 0.3) is 0 Å². The summed E-state index contributed by atoms with van der Waals surface area (Å²) >= 11 is 0. The quantitative estimate of drug-likeness (QED) is 0.423. The van der Waals surface area contributed by atoms with E-state index in [1.807, 2.05) is 32.0 Å². The Bertz CT molecular complexity index is 1470.